The summed E-state index contributed by atoms with van der Waals surface area (Å²) in [4.78, 5) is 0. The van der Waals surface area contributed by atoms with Gasteiger partial charge >= 0.3 is 0 Å². The smallest absolute Gasteiger partial charge is 0.0693 e. The number of hydrogen-bond donors (Lipinski definition) is 3. The van der Waals surface area contributed by atoms with Crippen molar-refractivity contribution in [3.63, 3.8) is 0 Å². The zero-order valence-corrected chi connectivity index (χ0v) is 10.8. The summed E-state index contributed by atoms with van der Waals surface area (Å²) in [6.45, 7) is 4.21. The van der Waals surface area contributed by atoms with E-state index in [1.807, 2.05) is 6.92 Å². The molecule has 1 unspecified atom stereocenters. The summed E-state index contributed by atoms with van der Waals surface area (Å²) in [5.74, 6) is 0. The van der Waals surface area contributed by atoms with Crippen LogP contribution in [0.4, 0.5) is 5.69 Å². The molecule has 0 bridgehead atoms. The minimum atomic E-state index is -0.387. The Morgan fingerprint density at radius 2 is 1.81 bits per heavy atom. The monoisotopic (exact) mass is 262 g/mol. The summed E-state index contributed by atoms with van der Waals surface area (Å²) < 4.78 is 0. The first-order valence-corrected chi connectivity index (χ1v) is 5.83. The molecule has 0 saturated heterocycles. The molecule has 0 saturated carbocycles. The zero-order chi connectivity index (χ0) is 12.3. The lowest BCUT2D eigenvalue weighted by Gasteiger charge is -2.16. The van der Waals surface area contributed by atoms with Gasteiger partial charge in [-0.05, 0) is 31.5 Å². The lowest BCUT2D eigenvalue weighted by atomic mass is 10.1. The molecule has 0 heterocycles. The zero-order valence-electron chi connectivity index (χ0n) is 9.30. The molecule has 90 valence electrons. The summed E-state index contributed by atoms with van der Waals surface area (Å²) in [7, 11) is 0. The van der Waals surface area contributed by atoms with Gasteiger partial charge in [0, 0.05) is 12.6 Å². The van der Waals surface area contributed by atoms with E-state index in [4.69, 9.17) is 34.0 Å². The van der Waals surface area contributed by atoms with Crippen LogP contribution >= 0.6 is 23.2 Å². The van der Waals surface area contributed by atoms with E-state index < -0.39 is 0 Å². The van der Waals surface area contributed by atoms with Crippen molar-refractivity contribution in [1.82, 2.24) is 5.32 Å². The number of nitrogens with one attached hydrogen (secondary N) is 1. The third kappa shape index (κ3) is 3.52. The molecule has 0 fully saturated rings. The Hall–Kier alpha value is -0.480. The molecule has 1 aromatic rings. The highest BCUT2D eigenvalue weighted by atomic mass is 35.5. The molecule has 0 aromatic heterocycles. The average molecular weight is 263 g/mol. The van der Waals surface area contributed by atoms with E-state index >= 15 is 0 Å². The number of rotatable bonds is 4. The van der Waals surface area contributed by atoms with Gasteiger partial charge in [-0.15, -0.1) is 0 Å². The largest absolute Gasteiger partial charge is 0.396 e. The normalized spacial score (nSPS) is 14.8. The van der Waals surface area contributed by atoms with Gasteiger partial charge in [0.2, 0.25) is 0 Å². The number of aliphatic hydroxyl groups excluding tert-OH is 1. The van der Waals surface area contributed by atoms with Crippen LogP contribution in [0.2, 0.25) is 10.0 Å². The van der Waals surface area contributed by atoms with Crippen molar-refractivity contribution >= 4 is 28.9 Å². The second-order valence-electron chi connectivity index (χ2n) is 3.88. The SMILES string of the molecule is CC(NC[C@@H](C)O)c1cc(Cl)c(N)c(Cl)c1. The fourth-order valence-electron chi connectivity index (χ4n) is 1.32. The minimum absolute atomic E-state index is 0.0604. The quantitative estimate of drug-likeness (QED) is 0.732. The van der Waals surface area contributed by atoms with Crippen LogP contribution in [0.3, 0.4) is 0 Å². The molecule has 1 rings (SSSR count). The average Bonchev–Trinajstić information content (AvgIpc) is 2.21. The lowest BCUT2D eigenvalue weighted by Crippen LogP contribution is -2.27. The molecular weight excluding hydrogens is 247 g/mol. The highest BCUT2D eigenvalue weighted by Gasteiger charge is 2.10. The van der Waals surface area contributed by atoms with E-state index in [0.717, 1.165) is 5.56 Å². The lowest BCUT2D eigenvalue weighted by molar-refractivity contribution is 0.187. The maximum absolute atomic E-state index is 9.17. The number of aliphatic hydroxyl groups is 1. The van der Waals surface area contributed by atoms with E-state index in [9.17, 15) is 0 Å². The second-order valence-corrected chi connectivity index (χ2v) is 4.69. The Kier molecular flexibility index (Phi) is 4.87. The first-order valence-electron chi connectivity index (χ1n) is 5.07. The maximum Gasteiger partial charge on any atom is 0.0693 e. The first-order chi connectivity index (χ1) is 7.41. The molecule has 5 heteroatoms. The summed E-state index contributed by atoms with van der Waals surface area (Å²) in [5, 5.41) is 13.2. The molecule has 2 atom stereocenters. The first kappa shape index (κ1) is 13.6. The number of halogens is 2. The van der Waals surface area contributed by atoms with Crippen LogP contribution in [0.15, 0.2) is 12.1 Å². The van der Waals surface area contributed by atoms with Crippen LogP contribution in [0.1, 0.15) is 25.5 Å². The molecule has 3 nitrogen and oxygen atoms in total. The third-order valence-corrected chi connectivity index (χ3v) is 2.95. The van der Waals surface area contributed by atoms with Crippen molar-refractivity contribution in [2.45, 2.75) is 26.0 Å². The topological polar surface area (TPSA) is 58.3 Å². The van der Waals surface area contributed by atoms with Gasteiger partial charge in [-0.2, -0.15) is 0 Å². The van der Waals surface area contributed by atoms with Gasteiger partial charge in [0.25, 0.3) is 0 Å². The minimum Gasteiger partial charge on any atom is -0.396 e. The van der Waals surface area contributed by atoms with Crippen LogP contribution < -0.4 is 11.1 Å². The van der Waals surface area contributed by atoms with Gasteiger partial charge in [0.05, 0.1) is 21.8 Å². The van der Waals surface area contributed by atoms with Crippen LogP contribution in [-0.2, 0) is 0 Å². The van der Waals surface area contributed by atoms with Gasteiger partial charge in [-0.25, -0.2) is 0 Å². The number of anilines is 1. The van der Waals surface area contributed by atoms with E-state index in [0.29, 0.717) is 22.3 Å². The van der Waals surface area contributed by atoms with Crippen molar-refractivity contribution in [3.05, 3.63) is 27.7 Å². The molecule has 1 aromatic carbocycles. The molecule has 0 aliphatic heterocycles. The molecule has 0 aliphatic rings. The van der Waals surface area contributed by atoms with Crippen LogP contribution in [0.25, 0.3) is 0 Å². The van der Waals surface area contributed by atoms with E-state index in [2.05, 4.69) is 5.32 Å². The van der Waals surface area contributed by atoms with Crippen molar-refractivity contribution in [2.75, 3.05) is 12.3 Å². The predicted molar refractivity (Wildman–Crippen MR) is 69.0 cm³/mol. The number of hydrogen-bond acceptors (Lipinski definition) is 3. The number of nitrogens with two attached hydrogens (primary N) is 1. The summed E-state index contributed by atoms with van der Waals surface area (Å²) >= 11 is 11.9. The number of nitrogen functional groups attached to an aromatic ring is 1. The Balaban J connectivity index is 2.80. The van der Waals surface area contributed by atoms with Crippen LogP contribution in [0, 0.1) is 0 Å². The van der Waals surface area contributed by atoms with Crippen molar-refractivity contribution in [1.29, 1.82) is 0 Å². The summed E-state index contributed by atoms with van der Waals surface area (Å²) in [6.07, 6.45) is -0.387. The van der Waals surface area contributed by atoms with Gasteiger partial charge in [0.15, 0.2) is 0 Å². The van der Waals surface area contributed by atoms with E-state index in [-0.39, 0.29) is 12.1 Å². The third-order valence-electron chi connectivity index (χ3n) is 2.32. The second kappa shape index (κ2) is 5.73. The fraction of sp³-hybridized carbons (Fsp3) is 0.455. The molecular formula is C11H16Cl2N2O. The fourth-order valence-corrected chi connectivity index (χ4v) is 1.82. The van der Waals surface area contributed by atoms with E-state index in [1.54, 1.807) is 19.1 Å². The predicted octanol–water partition coefficient (Wildman–Crippen LogP) is 2.61. The van der Waals surface area contributed by atoms with Crippen molar-refractivity contribution in [3.8, 4) is 0 Å². The highest BCUT2D eigenvalue weighted by Crippen LogP contribution is 2.31. The molecule has 0 radical (unpaired) electrons. The van der Waals surface area contributed by atoms with Gasteiger partial charge in [-0.1, -0.05) is 23.2 Å². The van der Waals surface area contributed by atoms with E-state index in [1.165, 1.54) is 0 Å². The number of benzene rings is 1. The van der Waals surface area contributed by atoms with Crippen LogP contribution in [0.5, 0.6) is 0 Å². The van der Waals surface area contributed by atoms with Gasteiger partial charge < -0.3 is 16.2 Å². The van der Waals surface area contributed by atoms with Crippen LogP contribution in [-0.4, -0.2) is 17.8 Å². The molecule has 0 spiro atoms. The van der Waals surface area contributed by atoms with Gasteiger partial charge in [-0.3, -0.25) is 0 Å². The molecule has 16 heavy (non-hydrogen) atoms. The van der Waals surface area contributed by atoms with Crippen molar-refractivity contribution in [2.24, 2.45) is 0 Å². The Labute approximate surface area is 106 Å². The summed E-state index contributed by atoms with van der Waals surface area (Å²) in [5.41, 5.74) is 7.00. The standard InChI is InChI=1S/C11H16Cl2N2O/c1-6(16)5-15-7(2)8-3-9(12)11(14)10(13)4-8/h3-4,6-7,15-16H,5,14H2,1-2H3/t6-,7?/m1/s1. The van der Waals surface area contributed by atoms with Crippen molar-refractivity contribution < 1.29 is 5.11 Å². The Morgan fingerprint density at radius 3 is 2.25 bits per heavy atom. The Bertz CT molecular complexity index is 346. The molecule has 4 N–H and O–H groups in total. The van der Waals surface area contributed by atoms with Gasteiger partial charge in [0.1, 0.15) is 0 Å². The molecule has 0 amide bonds. The Morgan fingerprint density at radius 1 is 1.31 bits per heavy atom. The maximum atomic E-state index is 9.17. The molecule has 0 aliphatic carbocycles. The summed E-state index contributed by atoms with van der Waals surface area (Å²) in [6, 6.07) is 3.62. The highest BCUT2D eigenvalue weighted by molar-refractivity contribution is 6.38.